The molecule has 8 heteroatoms. The highest BCUT2D eigenvalue weighted by Crippen LogP contribution is 2.29. The fourth-order valence-corrected chi connectivity index (χ4v) is 2.32. The van der Waals surface area contributed by atoms with E-state index in [1.807, 2.05) is 12.3 Å². The maximum atomic E-state index is 11.2. The minimum Gasteiger partial charge on any atom is -0.477 e. The van der Waals surface area contributed by atoms with Gasteiger partial charge in [-0.3, -0.25) is 4.98 Å². The summed E-state index contributed by atoms with van der Waals surface area (Å²) in [5, 5.41) is 16.9. The molecule has 7 nitrogen and oxygen atoms in total. The van der Waals surface area contributed by atoms with Gasteiger partial charge < -0.3 is 10.4 Å². The maximum absolute atomic E-state index is 11.2. The van der Waals surface area contributed by atoms with Gasteiger partial charge in [-0.2, -0.15) is 4.98 Å². The van der Waals surface area contributed by atoms with Crippen molar-refractivity contribution in [1.29, 1.82) is 0 Å². The van der Waals surface area contributed by atoms with Crippen molar-refractivity contribution in [2.24, 2.45) is 0 Å². The molecule has 1 aliphatic heterocycles. The molecule has 102 valence electrons. The highest BCUT2D eigenvalue weighted by atomic mass is 32.2. The number of pyridine rings is 1. The first kappa shape index (κ1) is 12.7. The molecule has 20 heavy (non-hydrogen) atoms. The molecule has 0 radical (unpaired) electrons. The van der Waals surface area contributed by atoms with Gasteiger partial charge in [0.05, 0.1) is 0 Å². The average Bonchev–Trinajstić information content (AvgIpc) is 2.90. The zero-order valence-electron chi connectivity index (χ0n) is 10.5. The molecule has 0 spiro atoms. The highest BCUT2D eigenvalue weighted by Gasteiger charge is 2.27. The molecule has 0 saturated heterocycles. The number of anilines is 1. The number of aromatic nitrogens is 4. The van der Waals surface area contributed by atoms with E-state index in [9.17, 15) is 9.90 Å². The number of allylic oxidation sites excluding steroid dienone is 1. The van der Waals surface area contributed by atoms with Gasteiger partial charge in [0.2, 0.25) is 11.1 Å². The molecule has 3 heterocycles. The summed E-state index contributed by atoms with van der Waals surface area (Å²) >= 11 is 1.40. The third-order valence-electron chi connectivity index (χ3n) is 2.89. The first-order valence-corrected chi connectivity index (χ1v) is 7.04. The molecule has 2 aromatic rings. The van der Waals surface area contributed by atoms with Crippen LogP contribution in [-0.4, -0.2) is 37.1 Å². The number of hydrogen-bond acceptors (Lipinski definition) is 6. The number of carboxylic acids is 1. The molecule has 0 aliphatic carbocycles. The van der Waals surface area contributed by atoms with Gasteiger partial charge in [0.15, 0.2) is 0 Å². The van der Waals surface area contributed by atoms with E-state index in [-0.39, 0.29) is 11.7 Å². The third kappa shape index (κ3) is 2.14. The molecule has 1 aliphatic rings. The normalized spacial score (nSPS) is 17.1. The molecule has 2 N–H and O–H groups in total. The van der Waals surface area contributed by atoms with Crippen molar-refractivity contribution < 1.29 is 9.90 Å². The molecule has 0 amide bonds. The van der Waals surface area contributed by atoms with Gasteiger partial charge in [-0.1, -0.05) is 17.8 Å². The summed E-state index contributed by atoms with van der Waals surface area (Å²) in [5.41, 5.74) is 0.943. The SMILES string of the molecule is CSc1nc2n(n1)C(c1cccnc1)C=C(C(=O)O)N2. The number of nitrogens with one attached hydrogen (secondary N) is 1. The number of nitrogens with zero attached hydrogens (tertiary/aromatic N) is 4. The zero-order valence-corrected chi connectivity index (χ0v) is 11.3. The molecule has 3 rings (SSSR count). The molecule has 0 saturated carbocycles. The quantitative estimate of drug-likeness (QED) is 0.824. The van der Waals surface area contributed by atoms with Crippen LogP contribution in [0, 0.1) is 0 Å². The predicted molar refractivity (Wildman–Crippen MR) is 73.5 cm³/mol. The monoisotopic (exact) mass is 289 g/mol. The largest absolute Gasteiger partial charge is 0.477 e. The number of hydrogen-bond donors (Lipinski definition) is 2. The van der Waals surface area contributed by atoms with Crippen molar-refractivity contribution in [3.8, 4) is 0 Å². The summed E-state index contributed by atoms with van der Waals surface area (Å²) in [6.45, 7) is 0. The fraction of sp³-hybridized carbons (Fsp3) is 0.167. The summed E-state index contributed by atoms with van der Waals surface area (Å²) in [7, 11) is 0. The van der Waals surface area contributed by atoms with E-state index >= 15 is 0 Å². The van der Waals surface area contributed by atoms with E-state index in [2.05, 4.69) is 20.4 Å². The van der Waals surface area contributed by atoms with E-state index in [4.69, 9.17) is 0 Å². The Bertz CT molecular complexity index is 682. The number of thioether (sulfide) groups is 1. The highest BCUT2D eigenvalue weighted by molar-refractivity contribution is 7.98. The Morgan fingerprint density at radius 1 is 1.55 bits per heavy atom. The zero-order chi connectivity index (χ0) is 14.1. The van der Waals surface area contributed by atoms with Crippen molar-refractivity contribution in [2.45, 2.75) is 11.2 Å². The van der Waals surface area contributed by atoms with E-state index < -0.39 is 5.97 Å². The Labute approximate surface area is 118 Å². The van der Waals surface area contributed by atoms with Gasteiger partial charge >= 0.3 is 5.97 Å². The first-order chi connectivity index (χ1) is 9.69. The molecular weight excluding hydrogens is 278 g/mol. The lowest BCUT2D eigenvalue weighted by Gasteiger charge is -2.21. The number of fused-ring (bicyclic) bond motifs is 1. The predicted octanol–water partition coefficient (Wildman–Crippen LogP) is 1.38. The van der Waals surface area contributed by atoms with Crippen molar-refractivity contribution >= 4 is 23.7 Å². The lowest BCUT2D eigenvalue weighted by molar-refractivity contribution is -0.132. The standard InChI is InChI=1S/C12H11N5O2S/c1-20-12-15-11-14-8(10(18)19)5-9(17(11)16-12)7-3-2-4-13-6-7/h2-6,9H,1H3,(H,18,19)(H,14,15,16). The van der Waals surface area contributed by atoms with Gasteiger partial charge in [0, 0.05) is 12.4 Å². The molecule has 0 fully saturated rings. The van der Waals surface area contributed by atoms with Crippen LogP contribution in [0.25, 0.3) is 0 Å². The summed E-state index contributed by atoms with van der Waals surface area (Å²) in [5.74, 6) is -0.609. The second-order valence-corrected chi connectivity index (χ2v) is 4.88. The minimum absolute atomic E-state index is 0.0893. The molecule has 1 unspecified atom stereocenters. The van der Waals surface area contributed by atoms with Crippen molar-refractivity contribution in [2.75, 3.05) is 11.6 Å². The van der Waals surface area contributed by atoms with Crippen molar-refractivity contribution in [3.05, 3.63) is 41.9 Å². The summed E-state index contributed by atoms with van der Waals surface area (Å²) in [6.07, 6.45) is 6.83. The van der Waals surface area contributed by atoms with E-state index in [0.717, 1.165) is 5.56 Å². The summed E-state index contributed by atoms with van der Waals surface area (Å²) in [4.78, 5) is 19.5. The minimum atomic E-state index is -1.03. The lowest BCUT2D eigenvalue weighted by Crippen LogP contribution is -2.24. The van der Waals surface area contributed by atoms with Crippen LogP contribution in [0.15, 0.2) is 41.5 Å². The van der Waals surface area contributed by atoms with Crippen molar-refractivity contribution in [3.63, 3.8) is 0 Å². The van der Waals surface area contributed by atoms with Crippen LogP contribution in [-0.2, 0) is 4.79 Å². The second-order valence-electron chi connectivity index (χ2n) is 4.11. The molecule has 1 atom stereocenters. The summed E-state index contributed by atoms with van der Waals surface area (Å²) in [6, 6.07) is 3.35. The van der Waals surface area contributed by atoms with Crippen LogP contribution >= 0.6 is 11.8 Å². The second kappa shape index (κ2) is 4.97. The van der Waals surface area contributed by atoms with E-state index in [1.54, 1.807) is 29.2 Å². The van der Waals surface area contributed by atoms with Crippen molar-refractivity contribution in [1.82, 2.24) is 19.7 Å². The average molecular weight is 289 g/mol. The Kier molecular flexibility index (Phi) is 3.15. The number of carbonyl (C=O) groups is 1. The van der Waals surface area contributed by atoms with Crippen LogP contribution in [0.4, 0.5) is 5.95 Å². The number of carboxylic acid groups (broad SMARTS) is 1. The van der Waals surface area contributed by atoms with Crippen LogP contribution in [0.2, 0.25) is 0 Å². The molecule has 0 aromatic carbocycles. The Morgan fingerprint density at radius 2 is 2.40 bits per heavy atom. The molecule has 2 aromatic heterocycles. The third-order valence-corrected chi connectivity index (χ3v) is 3.42. The van der Waals surface area contributed by atoms with Crippen LogP contribution in [0.3, 0.4) is 0 Å². The number of rotatable bonds is 3. The Balaban J connectivity index is 2.11. The molecular formula is C12H11N5O2S. The van der Waals surface area contributed by atoms with Gasteiger partial charge in [0.1, 0.15) is 11.7 Å². The topological polar surface area (TPSA) is 92.9 Å². The van der Waals surface area contributed by atoms with E-state index in [1.165, 1.54) is 11.8 Å². The maximum Gasteiger partial charge on any atom is 0.352 e. The van der Waals surface area contributed by atoms with Gasteiger partial charge in [-0.05, 0) is 24.0 Å². The smallest absolute Gasteiger partial charge is 0.352 e. The molecule has 0 bridgehead atoms. The van der Waals surface area contributed by atoms with Gasteiger partial charge in [-0.25, -0.2) is 9.48 Å². The number of aliphatic carboxylic acids is 1. The van der Waals surface area contributed by atoms with Crippen LogP contribution in [0.1, 0.15) is 11.6 Å². The van der Waals surface area contributed by atoms with Crippen LogP contribution < -0.4 is 5.32 Å². The Morgan fingerprint density at radius 3 is 3.05 bits per heavy atom. The first-order valence-electron chi connectivity index (χ1n) is 5.81. The fourth-order valence-electron chi connectivity index (χ4n) is 1.97. The van der Waals surface area contributed by atoms with Gasteiger partial charge in [-0.15, -0.1) is 5.10 Å². The Hall–Kier alpha value is -2.35. The lowest BCUT2D eigenvalue weighted by atomic mass is 10.1. The summed E-state index contributed by atoms with van der Waals surface area (Å²) < 4.78 is 1.66. The van der Waals surface area contributed by atoms with Crippen LogP contribution in [0.5, 0.6) is 0 Å². The van der Waals surface area contributed by atoms with Gasteiger partial charge in [0.25, 0.3) is 0 Å². The van der Waals surface area contributed by atoms with E-state index in [0.29, 0.717) is 11.1 Å².